The number of amides is 4. The molecule has 0 spiro atoms. The van der Waals surface area contributed by atoms with Crippen molar-refractivity contribution in [3.8, 4) is 33.6 Å². The van der Waals surface area contributed by atoms with Crippen molar-refractivity contribution in [2.24, 2.45) is 11.8 Å². The van der Waals surface area contributed by atoms with Gasteiger partial charge in [0.2, 0.25) is 11.8 Å². The van der Waals surface area contributed by atoms with Crippen LogP contribution in [0.1, 0.15) is 152 Å². The number of hydrogen-bond donors (Lipinski definition) is 6. The Bertz CT molecular complexity index is 4730. The summed E-state index contributed by atoms with van der Waals surface area (Å²) in [6.45, 7) is 17.7. The molecule has 8 heterocycles. The summed E-state index contributed by atoms with van der Waals surface area (Å²) in [5.41, 5.74) is 18.5. The van der Waals surface area contributed by atoms with Crippen LogP contribution in [0.15, 0.2) is 166 Å². The number of nitrogens with one attached hydrogen (secondary N) is 2. The lowest BCUT2D eigenvalue weighted by Crippen LogP contribution is -2.42. The van der Waals surface area contributed by atoms with E-state index in [2.05, 4.69) is 80.2 Å². The third kappa shape index (κ3) is 18.4. The van der Waals surface area contributed by atoms with Gasteiger partial charge in [0.25, 0.3) is 22.9 Å². The van der Waals surface area contributed by atoms with Crippen molar-refractivity contribution in [2.75, 3.05) is 48.3 Å². The zero-order valence-electron chi connectivity index (χ0n) is 56.6. The van der Waals surface area contributed by atoms with Crippen molar-refractivity contribution in [3.63, 3.8) is 0 Å². The molecule has 103 heavy (non-hydrogen) atoms. The number of carbonyl (C=O) groups excluding carboxylic acids is 4. The van der Waals surface area contributed by atoms with Gasteiger partial charge in [0.15, 0.2) is 11.6 Å². The summed E-state index contributed by atoms with van der Waals surface area (Å²) in [5.74, 6) is 0.103. The number of halogens is 2. The Hall–Kier alpha value is -9.71. The number of para-hydroxylation sites is 2. The van der Waals surface area contributed by atoms with Crippen molar-refractivity contribution in [1.82, 2.24) is 57.3 Å². The molecule has 31 heteroatoms. The molecule has 0 bridgehead atoms. The third-order valence-corrected chi connectivity index (χ3v) is 17.4. The van der Waals surface area contributed by atoms with Crippen LogP contribution in [0.4, 0.5) is 23.0 Å². The van der Waals surface area contributed by atoms with Crippen LogP contribution in [0.25, 0.3) is 44.7 Å². The average Bonchev–Trinajstić information content (AvgIpc) is 1.71. The summed E-state index contributed by atoms with van der Waals surface area (Å²) in [5, 5.41) is 14.7. The molecule has 0 unspecified atom stereocenters. The first-order valence-electron chi connectivity index (χ1n) is 32.5. The predicted octanol–water partition coefficient (Wildman–Crippen LogP) is 11.4. The summed E-state index contributed by atoms with van der Waals surface area (Å²) in [6, 6.07) is 35.2. The Labute approximate surface area is 619 Å². The van der Waals surface area contributed by atoms with Crippen molar-refractivity contribution < 1.29 is 36.7 Å². The van der Waals surface area contributed by atoms with Gasteiger partial charge in [0, 0.05) is 145 Å². The van der Waals surface area contributed by atoms with Gasteiger partial charge in [0.05, 0.1) is 11.4 Å². The zero-order chi connectivity index (χ0) is 73.3. The summed E-state index contributed by atoms with van der Waals surface area (Å²) in [7, 11) is -4.67. The Morgan fingerprint density at radius 1 is 0.515 bits per heavy atom. The molecule has 2 aliphatic heterocycles. The number of rotatable bonds is 14. The minimum atomic E-state index is -4.67. The van der Waals surface area contributed by atoms with Gasteiger partial charge in [-0.15, -0.1) is 0 Å². The number of nitrogens with two attached hydrogens (primary N) is 2. The van der Waals surface area contributed by atoms with Crippen molar-refractivity contribution in [3.05, 3.63) is 211 Å². The van der Waals surface area contributed by atoms with E-state index in [0.29, 0.717) is 71.6 Å². The molecule has 0 atom stereocenters. The first-order valence-corrected chi connectivity index (χ1v) is 40.1. The van der Waals surface area contributed by atoms with Crippen LogP contribution in [0.5, 0.6) is 0 Å². The van der Waals surface area contributed by atoms with Crippen molar-refractivity contribution in [1.29, 1.82) is 0 Å². The molecule has 4 aromatic carbocycles. The fourth-order valence-electron chi connectivity index (χ4n) is 12.4. The quantitative estimate of drug-likeness (QED) is 0.0435. The molecule has 4 amide bonds. The monoisotopic (exact) mass is 1650 g/mol. The molecule has 2 fully saturated rings. The Kier molecular flexibility index (Phi) is 27.4. The molecule has 28 nitrogen and oxygen atoms in total. The highest BCUT2D eigenvalue weighted by Gasteiger charge is 2.31. The summed E-state index contributed by atoms with van der Waals surface area (Å²) in [4.78, 5) is 118. The molecule has 0 radical (unpaired) electrons. The summed E-state index contributed by atoms with van der Waals surface area (Å²) < 4.78 is 40.1. The lowest BCUT2D eigenvalue weighted by molar-refractivity contribution is -0.136. The maximum atomic E-state index is 13.5. The number of carbonyl (C=O) groups is 4. The van der Waals surface area contributed by atoms with E-state index in [9.17, 15) is 38.4 Å². The zero-order valence-corrected chi connectivity index (χ0v) is 61.8. The minimum absolute atomic E-state index is 0. The number of nitrogens with zero attached hydrogens (tertiary/aromatic N) is 12. The van der Waals surface area contributed by atoms with Crippen LogP contribution in [0, 0.1) is 11.8 Å². The Morgan fingerprint density at radius 3 is 1.12 bits per heavy atom. The molecule has 2 saturated heterocycles. The molecule has 8 N–H and O–H groups in total. The number of hydrogen-bond acceptors (Lipinski definition) is 16. The Balaban J connectivity index is 0.000000260. The fraction of sp³-hybridized carbons (Fsp3) is 0.333. The molecular weight excluding hydrogens is 1570 g/mol. The minimum Gasteiger partial charge on any atom is -0.382 e. The molecule has 6 aromatic heterocycles. The molecule has 10 aromatic rings. The van der Waals surface area contributed by atoms with Crippen LogP contribution < -0.4 is 44.6 Å². The number of fused-ring (bicyclic) bond motifs is 2. The second kappa shape index (κ2) is 35.0. The molecule has 0 saturated carbocycles. The Morgan fingerprint density at radius 2 is 0.825 bits per heavy atom. The lowest BCUT2D eigenvalue weighted by atomic mass is 9.92. The standard InChI is InChI=1S/2C35H38N8O4.2CH4.I2.H2O4S/c2*1-21(2)33(45)40-16-14-24(15-17-40)29-18-27(30-31(36)37-20-38-43(29)30)23-10-12-25(13-11-23)39-32(44)28-19-41(22(3)4)35(47)42(34(28)46)26-8-6-5-7-9-26;;;1-2;1-5(2,3)4/h2*5-13,18-22,24H,14-17H2,1-4H3,(H,39,44)(H2,36,37,38);2*1H4;;(H2,1,2,3,4). The van der Waals surface area contributed by atoms with Crippen LogP contribution in [0.3, 0.4) is 0 Å². The van der Waals surface area contributed by atoms with Crippen molar-refractivity contribution in [2.45, 2.75) is 120 Å². The fourth-order valence-corrected chi connectivity index (χ4v) is 12.4. The van der Waals surface area contributed by atoms with Crippen LogP contribution >= 0.6 is 37.2 Å². The number of piperidine rings is 2. The second-order valence-corrected chi connectivity index (χ2v) is 26.3. The maximum absolute atomic E-state index is 13.5. The van der Waals surface area contributed by atoms with Gasteiger partial charge in [0.1, 0.15) is 34.8 Å². The molecular formula is C72H86I2N16O12S. The van der Waals surface area contributed by atoms with Crippen molar-refractivity contribution >= 4 is 105 Å². The predicted molar refractivity (Wildman–Crippen MR) is 417 cm³/mol. The van der Waals surface area contributed by atoms with Crippen LogP contribution in [-0.4, -0.2) is 125 Å². The number of nitrogen functional groups attached to an aromatic ring is 2. The molecule has 0 aliphatic carbocycles. The third-order valence-electron chi connectivity index (χ3n) is 17.4. The van der Waals surface area contributed by atoms with E-state index in [4.69, 9.17) is 29.0 Å². The van der Waals surface area contributed by atoms with Gasteiger partial charge in [-0.05, 0) is 125 Å². The highest BCUT2D eigenvalue weighted by Crippen LogP contribution is 2.39. The average molecular weight is 1650 g/mol. The van der Waals surface area contributed by atoms with E-state index >= 15 is 0 Å². The maximum Gasteiger partial charge on any atom is 0.394 e. The van der Waals surface area contributed by atoms with E-state index in [0.717, 1.165) is 68.5 Å². The van der Waals surface area contributed by atoms with Crippen LogP contribution in [0.2, 0.25) is 0 Å². The molecule has 2 aliphatic rings. The highest BCUT2D eigenvalue weighted by molar-refractivity contribution is 15.0. The molecule has 546 valence electrons. The normalized spacial score (nSPS) is 13.3. The van der Waals surface area contributed by atoms with E-state index in [-0.39, 0.29) is 73.5 Å². The SMILES string of the molecule is C.C.CC(C)C(=O)N1CCC(c2cc(-c3ccc(NC(=O)c4cn(C(C)C)c(=O)n(-c5ccccc5)c4=O)cc3)c3c(N)ncnn23)CC1.CC(C)C(=O)N1CCC(c2cc(-c3ccc(NC(=O)c4cn(C(C)C)c(=O)n(-c5ccccc5)c4=O)cc3)c3c(N)ncnn23)CC1.II.O=S(=O)(O)O. The van der Waals surface area contributed by atoms with Crippen LogP contribution in [-0.2, 0) is 20.0 Å². The number of aromatic nitrogens is 10. The van der Waals surface area contributed by atoms with E-state index in [1.165, 1.54) is 34.2 Å². The molecule has 12 rings (SSSR count). The number of likely N-dealkylation sites (tertiary alicyclic amines) is 2. The van der Waals surface area contributed by atoms with Gasteiger partial charge in [-0.3, -0.25) is 47.0 Å². The largest absolute Gasteiger partial charge is 0.394 e. The van der Waals surface area contributed by atoms with Gasteiger partial charge < -0.3 is 31.9 Å². The van der Waals surface area contributed by atoms with Gasteiger partial charge in [-0.25, -0.2) is 37.7 Å². The first-order chi connectivity index (χ1) is 48.1. The first kappa shape index (κ1) is 80.6. The van der Waals surface area contributed by atoms with E-state index in [1.807, 2.05) is 98.5 Å². The topological polar surface area (TPSA) is 374 Å². The number of anilines is 4. The summed E-state index contributed by atoms with van der Waals surface area (Å²) in [6.07, 6.45) is 8.78. The van der Waals surface area contributed by atoms with E-state index < -0.39 is 44.7 Å². The number of benzene rings is 4. The summed E-state index contributed by atoms with van der Waals surface area (Å²) >= 11 is 4.24. The van der Waals surface area contributed by atoms with Gasteiger partial charge in [-0.2, -0.15) is 18.6 Å². The van der Waals surface area contributed by atoms with Gasteiger partial charge in [-0.1, -0.05) is 103 Å². The lowest BCUT2D eigenvalue weighted by Gasteiger charge is -2.33. The van der Waals surface area contributed by atoms with E-state index in [1.54, 1.807) is 84.9 Å². The highest BCUT2D eigenvalue weighted by atomic mass is 128. The smallest absolute Gasteiger partial charge is 0.382 e. The second-order valence-electron chi connectivity index (χ2n) is 25.4. The van der Waals surface area contributed by atoms with Gasteiger partial charge >= 0.3 is 21.8 Å².